The normalized spacial score (nSPS) is 14.5. The highest BCUT2D eigenvalue weighted by molar-refractivity contribution is 5.44. The van der Waals surface area contributed by atoms with E-state index in [0.717, 1.165) is 5.56 Å². The number of nitrogens with two attached hydrogens (primary N) is 1. The molecule has 0 spiro atoms. The van der Waals surface area contributed by atoms with E-state index >= 15 is 0 Å². The van der Waals surface area contributed by atoms with Crippen molar-refractivity contribution in [2.45, 2.75) is 25.6 Å². The highest BCUT2D eigenvalue weighted by Crippen LogP contribution is 2.39. The molecule has 3 N–H and O–H groups in total. The van der Waals surface area contributed by atoms with Crippen LogP contribution < -0.4 is 19.9 Å². The van der Waals surface area contributed by atoms with Gasteiger partial charge in [0, 0.05) is 12.1 Å². The fourth-order valence-corrected chi connectivity index (χ4v) is 2.62. The predicted octanol–water partition coefficient (Wildman–Crippen LogP) is 2.71. The Labute approximate surface area is 143 Å². The zero-order valence-corrected chi connectivity index (χ0v) is 14.4. The number of aliphatic hydroxyl groups is 1. The van der Waals surface area contributed by atoms with E-state index in [1.54, 1.807) is 14.0 Å². The number of aliphatic hydroxyl groups excluding tert-OH is 1. The molecule has 130 valence electrons. The van der Waals surface area contributed by atoms with E-state index in [0.29, 0.717) is 23.9 Å². The lowest BCUT2D eigenvalue weighted by atomic mass is 9.88. The molecular weight excluding hydrogens is 306 g/mol. The monoisotopic (exact) mass is 331 g/mol. The molecule has 0 aliphatic heterocycles. The quantitative estimate of drug-likeness (QED) is 0.778. The Bertz CT molecular complexity index is 661. The van der Waals surface area contributed by atoms with Crippen LogP contribution in [0.3, 0.4) is 0 Å². The van der Waals surface area contributed by atoms with Gasteiger partial charge in [-0.15, -0.1) is 0 Å². The van der Waals surface area contributed by atoms with Gasteiger partial charge in [-0.1, -0.05) is 30.3 Å². The molecule has 2 aromatic carbocycles. The molecule has 0 aliphatic carbocycles. The minimum atomic E-state index is -1.09. The first kappa shape index (κ1) is 18.1. The van der Waals surface area contributed by atoms with Crippen molar-refractivity contribution in [3.63, 3.8) is 0 Å². The lowest BCUT2D eigenvalue weighted by molar-refractivity contribution is -0.0437. The number of hydrogen-bond acceptors (Lipinski definition) is 5. The molecule has 2 atom stereocenters. The minimum absolute atomic E-state index is 0.0470. The van der Waals surface area contributed by atoms with E-state index in [1.807, 2.05) is 55.5 Å². The molecule has 0 bridgehead atoms. The third-order valence-electron chi connectivity index (χ3n) is 3.97. The van der Waals surface area contributed by atoms with Gasteiger partial charge < -0.3 is 25.1 Å². The highest BCUT2D eigenvalue weighted by Gasteiger charge is 2.39. The van der Waals surface area contributed by atoms with E-state index in [4.69, 9.17) is 19.9 Å². The van der Waals surface area contributed by atoms with Crippen molar-refractivity contribution in [3.8, 4) is 17.2 Å². The summed E-state index contributed by atoms with van der Waals surface area (Å²) in [5.74, 6) is 1.78. The van der Waals surface area contributed by atoms with Crippen molar-refractivity contribution in [2.75, 3.05) is 20.3 Å². The summed E-state index contributed by atoms with van der Waals surface area (Å²) in [6.45, 7) is 4.27. The van der Waals surface area contributed by atoms with Gasteiger partial charge in [-0.2, -0.15) is 0 Å². The maximum absolute atomic E-state index is 10.6. The smallest absolute Gasteiger partial charge is 0.162 e. The molecule has 2 rings (SSSR count). The van der Waals surface area contributed by atoms with E-state index < -0.39 is 11.7 Å². The van der Waals surface area contributed by atoms with Gasteiger partial charge in [-0.05, 0) is 32.0 Å². The van der Waals surface area contributed by atoms with Gasteiger partial charge in [0.2, 0.25) is 0 Å². The van der Waals surface area contributed by atoms with Gasteiger partial charge in [-0.3, -0.25) is 0 Å². The molecule has 2 aromatic rings. The predicted molar refractivity (Wildman–Crippen MR) is 93.6 cm³/mol. The lowest BCUT2D eigenvalue weighted by Crippen LogP contribution is -2.46. The number of benzene rings is 2. The fraction of sp³-hybridized carbons (Fsp3) is 0.368. The Hall–Kier alpha value is -2.24. The van der Waals surface area contributed by atoms with Crippen LogP contribution in [0.25, 0.3) is 0 Å². The topological polar surface area (TPSA) is 73.9 Å². The van der Waals surface area contributed by atoms with Crippen LogP contribution in [-0.4, -0.2) is 31.5 Å². The van der Waals surface area contributed by atoms with E-state index in [2.05, 4.69) is 0 Å². The zero-order chi connectivity index (χ0) is 17.6. The summed E-state index contributed by atoms with van der Waals surface area (Å²) in [6.07, 6.45) is -0.927. The average Bonchev–Trinajstić information content (AvgIpc) is 2.62. The first-order valence-corrected chi connectivity index (χ1v) is 7.99. The summed E-state index contributed by atoms with van der Waals surface area (Å²) in [5.41, 5.74) is 5.37. The van der Waals surface area contributed by atoms with Gasteiger partial charge in [0.25, 0.3) is 0 Å². The third kappa shape index (κ3) is 3.63. The SMILES string of the molecule is CCOc1ccccc1OC(C)(c1ccccc1OC)C(O)CN. The summed E-state index contributed by atoms with van der Waals surface area (Å²) >= 11 is 0. The molecule has 0 radical (unpaired) electrons. The number of ether oxygens (including phenoxy) is 3. The second-order valence-electron chi connectivity index (χ2n) is 5.54. The molecule has 0 heterocycles. The first-order valence-electron chi connectivity index (χ1n) is 7.99. The summed E-state index contributed by atoms with van der Waals surface area (Å²) in [4.78, 5) is 0. The molecule has 0 amide bonds. The zero-order valence-electron chi connectivity index (χ0n) is 14.4. The largest absolute Gasteiger partial charge is 0.496 e. The third-order valence-corrected chi connectivity index (χ3v) is 3.97. The van der Waals surface area contributed by atoms with Crippen molar-refractivity contribution in [1.29, 1.82) is 0 Å². The standard InChI is InChI=1S/C19H25NO4/c1-4-23-16-11-7-8-12-17(16)24-19(2,18(21)13-20)14-9-5-6-10-15(14)22-3/h5-12,18,21H,4,13,20H2,1-3H3. The summed E-state index contributed by atoms with van der Waals surface area (Å²) < 4.78 is 17.3. The van der Waals surface area contributed by atoms with Crippen LogP contribution in [0.4, 0.5) is 0 Å². The fourth-order valence-electron chi connectivity index (χ4n) is 2.62. The molecule has 0 fully saturated rings. The maximum Gasteiger partial charge on any atom is 0.162 e. The molecule has 0 aliphatic rings. The Kier molecular flexibility index (Phi) is 6.06. The van der Waals surface area contributed by atoms with Crippen molar-refractivity contribution >= 4 is 0 Å². The van der Waals surface area contributed by atoms with E-state index in [-0.39, 0.29) is 6.54 Å². The molecule has 5 heteroatoms. The van der Waals surface area contributed by atoms with Gasteiger partial charge in [0.15, 0.2) is 17.1 Å². The van der Waals surface area contributed by atoms with Gasteiger partial charge in [0.1, 0.15) is 11.9 Å². The van der Waals surface area contributed by atoms with E-state index in [1.165, 1.54) is 0 Å². The van der Waals surface area contributed by atoms with Crippen LogP contribution in [0.1, 0.15) is 19.4 Å². The number of para-hydroxylation sites is 3. The molecular formula is C19H25NO4. The van der Waals surface area contributed by atoms with Crippen molar-refractivity contribution in [3.05, 3.63) is 54.1 Å². The summed E-state index contributed by atoms with van der Waals surface area (Å²) in [7, 11) is 1.59. The van der Waals surface area contributed by atoms with Crippen LogP contribution >= 0.6 is 0 Å². The van der Waals surface area contributed by atoms with Gasteiger partial charge in [-0.25, -0.2) is 0 Å². The molecule has 0 saturated carbocycles. The van der Waals surface area contributed by atoms with Crippen molar-refractivity contribution < 1.29 is 19.3 Å². The highest BCUT2D eigenvalue weighted by atomic mass is 16.5. The number of methoxy groups -OCH3 is 1. The minimum Gasteiger partial charge on any atom is -0.496 e. The molecule has 24 heavy (non-hydrogen) atoms. The second kappa shape index (κ2) is 8.04. The molecule has 0 saturated heterocycles. The van der Waals surface area contributed by atoms with Crippen LogP contribution in [0.2, 0.25) is 0 Å². The molecule has 2 unspecified atom stereocenters. The first-order chi connectivity index (χ1) is 11.6. The number of hydrogen-bond donors (Lipinski definition) is 2. The van der Waals surface area contributed by atoms with Crippen LogP contribution in [0.5, 0.6) is 17.2 Å². The lowest BCUT2D eigenvalue weighted by Gasteiger charge is -2.36. The Morgan fingerprint density at radius 1 is 1.04 bits per heavy atom. The maximum atomic E-state index is 10.6. The van der Waals surface area contributed by atoms with Crippen LogP contribution in [-0.2, 0) is 5.60 Å². The van der Waals surface area contributed by atoms with Gasteiger partial charge >= 0.3 is 0 Å². The summed E-state index contributed by atoms with van der Waals surface area (Å²) in [6, 6.07) is 14.8. The van der Waals surface area contributed by atoms with Crippen molar-refractivity contribution in [2.24, 2.45) is 5.73 Å². The van der Waals surface area contributed by atoms with Crippen LogP contribution in [0.15, 0.2) is 48.5 Å². The Morgan fingerprint density at radius 2 is 1.62 bits per heavy atom. The summed E-state index contributed by atoms with van der Waals surface area (Å²) in [5, 5.41) is 10.6. The van der Waals surface area contributed by atoms with Crippen molar-refractivity contribution in [1.82, 2.24) is 0 Å². The Morgan fingerprint density at radius 3 is 2.21 bits per heavy atom. The number of rotatable bonds is 8. The Balaban J connectivity index is 2.50. The molecule has 0 aromatic heterocycles. The van der Waals surface area contributed by atoms with Crippen LogP contribution in [0, 0.1) is 0 Å². The molecule has 5 nitrogen and oxygen atoms in total. The van der Waals surface area contributed by atoms with Gasteiger partial charge in [0.05, 0.1) is 13.7 Å². The average molecular weight is 331 g/mol. The van der Waals surface area contributed by atoms with E-state index in [9.17, 15) is 5.11 Å². The second-order valence-corrected chi connectivity index (χ2v) is 5.54.